The van der Waals surface area contributed by atoms with Gasteiger partial charge in [0.25, 0.3) is 0 Å². The lowest BCUT2D eigenvalue weighted by Gasteiger charge is -2.35. The van der Waals surface area contributed by atoms with Crippen LogP contribution >= 0.6 is 0 Å². The summed E-state index contributed by atoms with van der Waals surface area (Å²) in [6.45, 7) is 4.56. The number of piperazine rings is 1. The number of nitrogens with zero attached hydrogens (tertiary/aromatic N) is 4. The van der Waals surface area contributed by atoms with Crippen LogP contribution in [0.3, 0.4) is 0 Å². The van der Waals surface area contributed by atoms with Gasteiger partial charge in [-0.05, 0) is 31.0 Å². The molecule has 0 radical (unpaired) electrons. The van der Waals surface area contributed by atoms with Gasteiger partial charge in [0.15, 0.2) is 0 Å². The molecule has 1 aromatic heterocycles. The lowest BCUT2D eigenvalue weighted by molar-refractivity contribution is 0.109. The SMILES string of the molecule is CCOCCOc1c(N2CCN(S(=O)(=O)CCc3ccccc3)CC2)cnn(-c2ccccc2)c1=O. The lowest BCUT2D eigenvalue weighted by atomic mass is 10.2. The Hall–Kier alpha value is -3.21. The van der Waals surface area contributed by atoms with Crippen LogP contribution in [0.5, 0.6) is 5.75 Å². The maximum atomic E-state index is 13.3. The molecule has 4 rings (SSSR count). The Bertz CT molecular complexity index is 1270. The molecule has 0 N–H and O–H groups in total. The normalized spacial score (nSPS) is 14.6. The molecule has 10 heteroatoms. The first-order chi connectivity index (χ1) is 17.5. The summed E-state index contributed by atoms with van der Waals surface area (Å²) >= 11 is 0. The second-order valence-electron chi connectivity index (χ2n) is 8.39. The highest BCUT2D eigenvalue weighted by Gasteiger charge is 2.29. The minimum Gasteiger partial charge on any atom is -0.484 e. The molecule has 1 saturated heterocycles. The molecular weight excluding hydrogens is 480 g/mol. The second-order valence-corrected chi connectivity index (χ2v) is 10.5. The number of ether oxygens (including phenoxy) is 2. The van der Waals surface area contributed by atoms with E-state index in [1.54, 1.807) is 18.3 Å². The van der Waals surface area contributed by atoms with Crippen molar-refractivity contribution in [2.45, 2.75) is 13.3 Å². The summed E-state index contributed by atoms with van der Waals surface area (Å²) in [7, 11) is -3.39. The second kappa shape index (κ2) is 12.2. The Balaban J connectivity index is 1.48. The number of aromatic nitrogens is 2. The molecule has 0 spiro atoms. The van der Waals surface area contributed by atoms with E-state index in [4.69, 9.17) is 9.47 Å². The highest BCUT2D eigenvalue weighted by Crippen LogP contribution is 2.26. The summed E-state index contributed by atoms with van der Waals surface area (Å²) in [5, 5.41) is 4.38. The van der Waals surface area contributed by atoms with Crippen LogP contribution in [0.2, 0.25) is 0 Å². The summed E-state index contributed by atoms with van der Waals surface area (Å²) < 4.78 is 40.0. The molecule has 2 heterocycles. The van der Waals surface area contributed by atoms with Crippen LogP contribution in [0, 0.1) is 0 Å². The average Bonchev–Trinajstić information content (AvgIpc) is 2.92. The molecule has 0 aliphatic carbocycles. The molecule has 0 unspecified atom stereocenters. The number of aryl methyl sites for hydroxylation is 1. The van der Waals surface area contributed by atoms with Crippen molar-refractivity contribution in [1.29, 1.82) is 0 Å². The van der Waals surface area contributed by atoms with Crippen molar-refractivity contribution in [2.75, 3.05) is 56.7 Å². The Morgan fingerprint density at radius 3 is 2.25 bits per heavy atom. The number of hydrogen-bond donors (Lipinski definition) is 0. The van der Waals surface area contributed by atoms with Crippen LogP contribution in [-0.2, 0) is 21.2 Å². The van der Waals surface area contributed by atoms with Gasteiger partial charge >= 0.3 is 5.56 Å². The molecular formula is C26H32N4O5S. The van der Waals surface area contributed by atoms with Crippen molar-refractivity contribution in [3.63, 3.8) is 0 Å². The highest BCUT2D eigenvalue weighted by molar-refractivity contribution is 7.89. The Kier molecular flexibility index (Phi) is 8.74. The zero-order valence-corrected chi connectivity index (χ0v) is 21.3. The topological polar surface area (TPSA) is 94.0 Å². The number of benzene rings is 2. The van der Waals surface area contributed by atoms with Gasteiger partial charge in [0, 0.05) is 32.8 Å². The third-order valence-electron chi connectivity index (χ3n) is 6.06. The van der Waals surface area contributed by atoms with Gasteiger partial charge in [0.05, 0.1) is 24.2 Å². The summed E-state index contributed by atoms with van der Waals surface area (Å²) in [6.07, 6.45) is 2.09. The van der Waals surface area contributed by atoms with Crippen molar-refractivity contribution >= 4 is 15.7 Å². The number of hydrogen-bond acceptors (Lipinski definition) is 7. The lowest BCUT2D eigenvalue weighted by Crippen LogP contribution is -2.50. The molecule has 9 nitrogen and oxygen atoms in total. The zero-order valence-electron chi connectivity index (χ0n) is 20.5. The Labute approximate surface area is 211 Å². The van der Waals surface area contributed by atoms with Gasteiger partial charge in [-0.25, -0.2) is 8.42 Å². The zero-order chi connectivity index (χ0) is 25.4. The molecule has 1 aliphatic rings. The van der Waals surface area contributed by atoms with E-state index in [0.29, 0.717) is 57.2 Å². The number of anilines is 1. The van der Waals surface area contributed by atoms with Crippen LogP contribution < -0.4 is 15.2 Å². The number of sulfonamides is 1. The predicted molar refractivity (Wildman–Crippen MR) is 140 cm³/mol. The van der Waals surface area contributed by atoms with Crippen LogP contribution in [-0.4, -0.2) is 74.3 Å². The smallest absolute Gasteiger partial charge is 0.316 e. The van der Waals surface area contributed by atoms with Gasteiger partial charge < -0.3 is 14.4 Å². The minimum absolute atomic E-state index is 0.0669. The first-order valence-corrected chi connectivity index (χ1v) is 13.8. The summed E-state index contributed by atoms with van der Waals surface area (Å²) in [5.74, 6) is 0.256. The molecule has 0 amide bonds. The van der Waals surface area contributed by atoms with Gasteiger partial charge in [-0.15, -0.1) is 0 Å². The maximum Gasteiger partial charge on any atom is 0.316 e. The van der Waals surface area contributed by atoms with Crippen LogP contribution in [0.15, 0.2) is 71.7 Å². The van der Waals surface area contributed by atoms with E-state index in [1.165, 1.54) is 8.99 Å². The van der Waals surface area contributed by atoms with Crippen LogP contribution in [0.4, 0.5) is 5.69 Å². The van der Waals surface area contributed by atoms with Gasteiger partial charge in [0.1, 0.15) is 12.3 Å². The summed E-state index contributed by atoms with van der Waals surface area (Å²) in [5.41, 5.74) is 1.83. The maximum absolute atomic E-state index is 13.3. The molecule has 0 atom stereocenters. The first-order valence-electron chi connectivity index (χ1n) is 12.1. The fourth-order valence-electron chi connectivity index (χ4n) is 4.12. The molecule has 1 aliphatic heterocycles. The van der Waals surface area contributed by atoms with Gasteiger partial charge in [-0.1, -0.05) is 48.5 Å². The van der Waals surface area contributed by atoms with Crippen molar-refractivity contribution in [3.8, 4) is 11.4 Å². The number of para-hydroxylation sites is 1. The summed E-state index contributed by atoms with van der Waals surface area (Å²) in [6, 6.07) is 18.8. The minimum atomic E-state index is -3.39. The van der Waals surface area contributed by atoms with Crippen LogP contribution in [0.1, 0.15) is 12.5 Å². The van der Waals surface area contributed by atoms with Crippen molar-refractivity contribution in [2.24, 2.45) is 0 Å². The first kappa shape index (κ1) is 25.9. The Morgan fingerprint density at radius 2 is 1.58 bits per heavy atom. The highest BCUT2D eigenvalue weighted by atomic mass is 32.2. The van der Waals surface area contributed by atoms with E-state index >= 15 is 0 Å². The van der Waals surface area contributed by atoms with Crippen LogP contribution in [0.25, 0.3) is 5.69 Å². The van der Waals surface area contributed by atoms with E-state index in [1.807, 2.05) is 60.4 Å². The van der Waals surface area contributed by atoms with Crippen molar-refractivity contribution in [3.05, 3.63) is 82.8 Å². The monoisotopic (exact) mass is 512 g/mol. The molecule has 0 bridgehead atoms. The Morgan fingerprint density at radius 1 is 0.917 bits per heavy atom. The van der Waals surface area contributed by atoms with E-state index in [9.17, 15) is 13.2 Å². The fourth-order valence-corrected chi connectivity index (χ4v) is 5.59. The summed E-state index contributed by atoms with van der Waals surface area (Å²) in [4.78, 5) is 15.3. The van der Waals surface area contributed by atoms with Gasteiger partial charge in [0.2, 0.25) is 15.8 Å². The fraction of sp³-hybridized carbons (Fsp3) is 0.385. The van der Waals surface area contributed by atoms with E-state index < -0.39 is 10.0 Å². The molecule has 0 saturated carbocycles. The van der Waals surface area contributed by atoms with E-state index in [-0.39, 0.29) is 23.7 Å². The molecule has 2 aromatic carbocycles. The third kappa shape index (κ3) is 6.31. The van der Waals surface area contributed by atoms with E-state index in [0.717, 1.165) is 5.56 Å². The molecule has 1 fully saturated rings. The standard InChI is InChI=1S/C26H32N4O5S/c1-2-34-18-19-35-25-24(21-27-30(26(25)31)23-11-7-4-8-12-23)28-14-16-29(17-15-28)36(32,33)20-13-22-9-5-3-6-10-22/h3-12,21H,2,13-20H2,1H3. The van der Waals surface area contributed by atoms with Gasteiger partial charge in [-0.2, -0.15) is 14.1 Å². The quantitative estimate of drug-likeness (QED) is 0.364. The average molecular weight is 513 g/mol. The molecule has 36 heavy (non-hydrogen) atoms. The van der Waals surface area contributed by atoms with E-state index in [2.05, 4.69) is 5.10 Å². The molecule has 3 aromatic rings. The predicted octanol–water partition coefficient (Wildman–Crippen LogP) is 2.34. The number of rotatable bonds is 11. The molecule has 192 valence electrons. The largest absolute Gasteiger partial charge is 0.484 e. The third-order valence-corrected chi connectivity index (χ3v) is 7.93. The van der Waals surface area contributed by atoms with Crippen molar-refractivity contribution < 1.29 is 17.9 Å². The van der Waals surface area contributed by atoms with Gasteiger partial charge in [-0.3, -0.25) is 4.79 Å². The van der Waals surface area contributed by atoms with Crippen molar-refractivity contribution in [1.82, 2.24) is 14.1 Å².